The molecule has 2 aromatic rings. The van der Waals surface area contributed by atoms with Crippen LogP contribution in [0.1, 0.15) is 11.3 Å². The summed E-state index contributed by atoms with van der Waals surface area (Å²) in [7, 11) is 0. The van der Waals surface area contributed by atoms with Gasteiger partial charge in [0.05, 0.1) is 25.9 Å². The van der Waals surface area contributed by atoms with Crippen LogP contribution < -0.4 is 10.6 Å². The highest BCUT2D eigenvalue weighted by Gasteiger charge is 2.20. The van der Waals surface area contributed by atoms with Crippen LogP contribution in [0.4, 0.5) is 0 Å². The third kappa shape index (κ3) is 6.54. The molecule has 1 aliphatic heterocycles. The van der Waals surface area contributed by atoms with Crippen LogP contribution in [0.2, 0.25) is 0 Å². The number of rotatable bonds is 8. The Morgan fingerprint density at radius 2 is 1.41 bits per heavy atom. The van der Waals surface area contributed by atoms with Crippen molar-refractivity contribution in [3.05, 3.63) is 60.1 Å². The van der Waals surface area contributed by atoms with Gasteiger partial charge in [-0.1, -0.05) is 30.3 Å². The van der Waals surface area contributed by atoms with Crippen molar-refractivity contribution in [2.45, 2.75) is 13.1 Å². The molecule has 2 amide bonds. The summed E-state index contributed by atoms with van der Waals surface area (Å²) in [4.78, 5) is 28.3. The van der Waals surface area contributed by atoms with E-state index in [2.05, 4.69) is 20.4 Å². The standard InChI is InChI=1S/C20H26N4O3/c25-19(21-13-17-5-2-1-3-6-17)15-23-8-10-24(11-9-23)16-20(26)22-14-18-7-4-12-27-18/h1-7,12H,8-11,13-16H2,(H,21,25)(H,22,26). The van der Waals surface area contributed by atoms with Gasteiger partial charge >= 0.3 is 0 Å². The fraction of sp³-hybridized carbons (Fsp3) is 0.400. The number of hydrogen-bond acceptors (Lipinski definition) is 5. The van der Waals surface area contributed by atoms with E-state index in [-0.39, 0.29) is 11.8 Å². The number of carbonyl (C=O) groups is 2. The first-order valence-electron chi connectivity index (χ1n) is 9.23. The molecule has 0 bridgehead atoms. The van der Waals surface area contributed by atoms with Crippen LogP contribution in [0.3, 0.4) is 0 Å². The Morgan fingerprint density at radius 3 is 1.96 bits per heavy atom. The third-order valence-electron chi connectivity index (χ3n) is 4.57. The van der Waals surface area contributed by atoms with Crippen molar-refractivity contribution in [3.63, 3.8) is 0 Å². The second-order valence-electron chi connectivity index (χ2n) is 6.67. The van der Waals surface area contributed by atoms with Crippen LogP contribution in [0.5, 0.6) is 0 Å². The van der Waals surface area contributed by atoms with Gasteiger partial charge in [-0.2, -0.15) is 0 Å². The molecular formula is C20H26N4O3. The Balaban J connectivity index is 1.30. The molecule has 1 aromatic carbocycles. The van der Waals surface area contributed by atoms with Gasteiger partial charge in [-0.05, 0) is 17.7 Å². The quantitative estimate of drug-likeness (QED) is 0.720. The number of carbonyl (C=O) groups excluding carboxylic acids is 2. The fourth-order valence-corrected chi connectivity index (χ4v) is 3.02. The van der Waals surface area contributed by atoms with Crippen LogP contribution in [0.15, 0.2) is 53.1 Å². The Morgan fingerprint density at radius 1 is 0.815 bits per heavy atom. The fourth-order valence-electron chi connectivity index (χ4n) is 3.02. The normalized spacial score (nSPS) is 15.4. The smallest absolute Gasteiger partial charge is 0.234 e. The molecule has 2 heterocycles. The maximum atomic E-state index is 12.1. The number of benzene rings is 1. The summed E-state index contributed by atoms with van der Waals surface area (Å²) >= 11 is 0. The first-order valence-corrected chi connectivity index (χ1v) is 9.23. The van der Waals surface area contributed by atoms with Gasteiger partial charge in [-0.3, -0.25) is 19.4 Å². The number of nitrogens with zero attached hydrogens (tertiary/aromatic N) is 2. The molecule has 0 unspecified atom stereocenters. The van der Waals surface area contributed by atoms with E-state index in [1.54, 1.807) is 12.3 Å². The zero-order chi connectivity index (χ0) is 18.9. The average Bonchev–Trinajstić information content (AvgIpc) is 3.21. The van der Waals surface area contributed by atoms with Crippen molar-refractivity contribution < 1.29 is 14.0 Å². The van der Waals surface area contributed by atoms with E-state index in [1.165, 1.54) is 0 Å². The zero-order valence-corrected chi connectivity index (χ0v) is 15.4. The van der Waals surface area contributed by atoms with Crippen molar-refractivity contribution in [2.24, 2.45) is 0 Å². The number of furan rings is 1. The molecule has 1 aliphatic rings. The molecule has 144 valence electrons. The molecule has 27 heavy (non-hydrogen) atoms. The Bertz CT molecular complexity index is 710. The maximum absolute atomic E-state index is 12.1. The lowest BCUT2D eigenvalue weighted by atomic mass is 10.2. The second-order valence-corrected chi connectivity index (χ2v) is 6.67. The van der Waals surface area contributed by atoms with Crippen LogP contribution in [0.25, 0.3) is 0 Å². The molecule has 3 rings (SSSR count). The molecule has 0 atom stereocenters. The lowest BCUT2D eigenvalue weighted by Crippen LogP contribution is -2.51. The molecule has 0 aliphatic carbocycles. The minimum Gasteiger partial charge on any atom is -0.467 e. The summed E-state index contributed by atoms with van der Waals surface area (Å²) in [5.41, 5.74) is 1.09. The summed E-state index contributed by atoms with van der Waals surface area (Å²) < 4.78 is 5.20. The van der Waals surface area contributed by atoms with Gasteiger partial charge in [0, 0.05) is 32.7 Å². The molecule has 1 fully saturated rings. The highest BCUT2D eigenvalue weighted by atomic mass is 16.3. The number of nitrogens with one attached hydrogen (secondary N) is 2. The van der Waals surface area contributed by atoms with Crippen molar-refractivity contribution >= 4 is 11.8 Å². The lowest BCUT2D eigenvalue weighted by molar-refractivity contribution is -0.125. The van der Waals surface area contributed by atoms with Gasteiger partial charge in [-0.15, -0.1) is 0 Å². The van der Waals surface area contributed by atoms with Crippen LogP contribution in [0, 0.1) is 0 Å². The van der Waals surface area contributed by atoms with E-state index in [9.17, 15) is 9.59 Å². The first kappa shape index (κ1) is 19.1. The van der Waals surface area contributed by atoms with Crippen molar-refractivity contribution in [3.8, 4) is 0 Å². The zero-order valence-electron chi connectivity index (χ0n) is 15.4. The Labute approximate surface area is 159 Å². The van der Waals surface area contributed by atoms with Gasteiger partial charge in [0.1, 0.15) is 5.76 Å². The summed E-state index contributed by atoms with van der Waals surface area (Å²) in [6, 6.07) is 13.5. The molecular weight excluding hydrogens is 344 g/mol. The van der Waals surface area contributed by atoms with Crippen molar-refractivity contribution in [2.75, 3.05) is 39.3 Å². The largest absolute Gasteiger partial charge is 0.467 e. The molecule has 7 nitrogen and oxygen atoms in total. The summed E-state index contributed by atoms with van der Waals surface area (Å²) in [6.07, 6.45) is 1.59. The SMILES string of the molecule is O=C(CN1CCN(CC(=O)NCc2ccco2)CC1)NCc1ccccc1. The summed E-state index contributed by atoms with van der Waals surface area (Å²) in [5, 5.41) is 5.81. The number of hydrogen-bond donors (Lipinski definition) is 2. The summed E-state index contributed by atoms with van der Waals surface area (Å²) in [5.74, 6) is 0.763. The van der Waals surface area contributed by atoms with Crippen LogP contribution in [-0.4, -0.2) is 60.9 Å². The van der Waals surface area contributed by atoms with E-state index in [1.807, 2.05) is 36.4 Å². The molecule has 1 aromatic heterocycles. The van der Waals surface area contributed by atoms with E-state index in [0.717, 1.165) is 37.5 Å². The minimum atomic E-state index is -0.0135. The van der Waals surface area contributed by atoms with Gasteiger partial charge in [-0.25, -0.2) is 0 Å². The van der Waals surface area contributed by atoms with Crippen molar-refractivity contribution in [1.29, 1.82) is 0 Å². The summed E-state index contributed by atoms with van der Waals surface area (Å²) in [6.45, 7) is 4.84. The third-order valence-corrected chi connectivity index (χ3v) is 4.57. The molecule has 2 N–H and O–H groups in total. The average molecular weight is 370 g/mol. The van der Waals surface area contributed by atoms with Gasteiger partial charge in [0.2, 0.25) is 11.8 Å². The Kier molecular flexibility index (Phi) is 7.01. The second kappa shape index (κ2) is 9.89. The maximum Gasteiger partial charge on any atom is 0.234 e. The van der Waals surface area contributed by atoms with Gasteiger partial charge in [0.15, 0.2) is 0 Å². The number of amides is 2. The van der Waals surface area contributed by atoms with E-state index in [4.69, 9.17) is 4.42 Å². The number of piperazine rings is 1. The molecule has 1 saturated heterocycles. The van der Waals surface area contributed by atoms with E-state index >= 15 is 0 Å². The van der Waals surface area contributed by atoms with Crippen molar-refractivity contribution in [1.82, 2.24) is 20.4 Å². The van der Waals surface area contributed by atoms with E-state index in [0.29, 0.717) is 26.2 Å². The minimum absolute atomic E-state index is 0.0135. The monoisotopic (exact) mass is 370 g/mol. The highest BCUT2D eigenvalue weighted by Crippen LogP contribution is 2.03. The lowest BCUT2D eigenvalue weighted by Gasteiger charge is -2.33. The Hall–Kier alpha value is -2.64. The van der Waals surface area contributed by atoms with E-state index < -0.39 is 0 Å². The predicted octanol–water partition coefficient (Wildman–Crippen LogP) is 0.830. The topological polar surface area (TPSA) is 77.8 Å². The highest BCUT2D eigenvalue weighted by molar-refractivity contribution is 5.78. The molecule has 0 saturated carbocycles. The van der Waals surface area contributed by atoms with Gasteiger partial charge in [0.25, 0.3) is 0 Å². The molecule has 0 radical (unpaired) electrons. The van der Waals surface area contributed by atoms with Gasteiger partial charge < -0.3 is 15.1 Å². The van der Waals surface area contributed by atoms with Crippen LogP contribution >= 0.6 is 0 Å². The first-order chi connectivity index (χ1) is 13.2. The molecule has 0 spiro atoms. The predicted molar refractivity (Wildman–Crippen MR) is 102 cm³/mol. The van der Waals surface area contributed by atoms with Crippen LogP contribution in [-0.2, 0) is 22.7 Å². The molecule has 7 heteroatoms.